The molecule has 0 atom stereocenters. The Labute approximate surface area is 160 Å². The number of carbonyl (C=O) groups excluding carboxylic acids is 1. The summed E-state index contributed by atoms with van der Waals surface area (Å²) in [6.07, 6.45) is 4.48. The van der Waals surface area contributed by atoms with E-state index in [-0.39, 0.29) is 11.5 Å². The van der Waals surface area contributed by atoms with Crippen LogP contribution >= 0.6 is 11.3 Å². The number of anilines is 1. The molecule has 146 valence electrons. The average Bonchev–Trinajstić information content (AvgIpc) is 3.09. The van der Waals surface area contributed by atoms with Gasteiger partial charge in [-0.1, -0.05) is 37.3 Å². The molecule has 0 fully saturated rings. The van der Waals surface area contributed by atoms with Crippen molar-refractivity contribution in [1.82, 2.24) is 10.2 Å². The fraction of sp³-hybridized carbons (Fsp3) is 0.389. The summed E-state index contributed by atoms with van der Waals surface area (Å²) < 4.78 is 34.8. The van der Waals surface area contributed by atoms with Gasteiger partial charge in [0.15, 0.2) is 11.5 Å². The summed E-state index contributed by atoms with van der Waals surface area (Å²) in [5, 5.41) is 12.0. The molecule has 1 heterocycles. The fourth-order valence-electron chi connectivity index (χ4n) is 2.44. The van der Waals surface area contributed by atoms with E-state index in [1.807, 2.05) is 0 Å². The zero-order chi connectivity index (χ0) is 19.8. The highest BCUT2D eigenvalue weighted by Crippen LogP contribution is 2.33. The van der Waals surface area contributed by atoms with Crippen LogP contribution in [0.4, 0.5) is 13.9 Å². The number of hydrogen-bond acceptors (Lipinski definition) is 6. The van der Waals surface area contributed by atoms with E-state index in [4.69, 9.17) is 4.74 Å². The van der Waals surface area contributed by atoms with Crippen LogP contribution in [-0.4, -0.2) is 29.8 Å². The van der Waals surface area contributed by atoms with Gasteiger partial charge in [0.25, 0.3) is 0 Å². The lowest BCUT2D eigenvalue weighted by Gasteiger charge is -2.12. The van der Waals surface area contributed by atoms with E-state index in [9.17, 15) is 13.6 Å². The Hall–Kier alpha value is -2.55. The number of alkyl halides is 2. The minimum Gasteiger partial charge on any atom is -0.493 e. The Kier molecular flexibility index (Phi) is 7.66. The van der Waals surface area contributed by atoms with Crippen LogP contribution in [0.5, 0.6) is 11.5 Å². The van der Waals surface area contributed by atoms with Crippen molar-refractivity contribution in [3.63, 3.8) is 0 Å². The van der Waals surface area contributed by atoms with Crippen molar-refractivity contribution in [3.05, 3.63) is 34.8 Å². The van der Waals surface area contributed by atoms with E-state index in [1.54, 1.807) is 12.1 Å². The minimum absolute atomic E-state index is 0.133. The summed E-state index contributed by atoms with van der Waals surface area (Å²) in [4.78, 5) is 12.1. The molecule has 0 bridgehead atoms. The van der Waals surface area contributed by atoms with Crippen LogP contribution in [0.15, 0.2) is 24.3 Å². The van der Waals surface area contributed by atoms with Crippen molar-refractivity contribution in [1.29, 1.82) is 0 Å². The van der Waals surface area contributed by atoms with Crippen molar-refractivity contribution >= 4 is 28.5 Å². The van der Waals surface area contributed by atoms with E-state index in [1.165, 1.54) is 36.7 Å². The van der Waals surface area contributed by atoms with Crippen molar-refractivity contribution in [2.75, 3.05) is 12.4 Å². The molecular weight excluding hydrogens is 376 g/mol. The summed E-state index contributed by atoms with van der Waals surface area (Å²) >= 11 is 1.33. The first-order valence-electron chi connectivity index (χ1n) is 8.42. The number of nitrogens with zero attached hydrogens (tertiary/aromatic N) is 2. The maximum Gasteiger partial charge on any atom is 0.387 e. The van der Waals surface area contributed by atoms with Gasteiger partial charge in [0.2, 0.25) is 11.0 Å². The Morgan fingerprint density at radius 2 is 2.04 bits per heavy atom. The smallest absolute Gasteiger partial charge is 0.387 e. The third-order valence-electron chi connectivity index (χ3n) is 3.86. The van der Waals surface area contributed by atoms with Gasteiger partial charge in [-0.15, -0.1) is 10.2 Å². The molecule has 2 rings (SSSR count). The molecule has 0 spiro atoms. The second-order valence-electron chi connectivity index (χ2n) is 5.54. The van der Waals surface area contributed by atoms with Crippen molar-refractivity contribution < 1.29 is 23.0 Å². The first-order chi connectivity index (χ1) is 13.0. The highest BCUT2D eigenvalue weighted by atomic mass is 32.1. The van der Waals surface area contributed by atoms with Gasteiger partial charge in [-0.2, -0.15) is 8.78 Å². The third-order valence-corrected chi connectivity index (χ3v) is 4.86. The summed E-state index contributed by atoms with van der Waals surface area (Å²) in [5.74, 6) is -0.120. The maximum atomic E-state index is 12.6. The SMILES string of the molecule is CCC(CC)c1nnc(NC(=O)/C=C/c2cccc(OC)c2OC(F)F)s1. The number of ether oxygens (including phenoxy) is 2. The average molecular weight is 397 g/mol. The zero-order valence-corrected chi connectivity index (χ0v) is 16.1. The highest BCUT2D eigenvalue weighted by molar-refractivity contribution is 7.15. The normalized spacial score (nSPS) is 11.4. The summed E-state index contributed by atoms with van der Waals surface area (Å²) in [5.41, 5.74) is 0.291. The number of para-hydroxylation sites is 1. The molecular formula is C18H21F2N3O3S. The number of nitrogens with one attached hydrogen (secondary N) is 1. The van der Waals surface area contributed by atoms with Crippen molar-refractivity contribution in [2.45, 2.75) is 39.2 Å². The van der Waals surface area contributed by atoms with Crippen LogP contribution in [-0.2, 0) is 4.79 Å². The van der Waals surface area contributed by atoms with Crippen LogP contribution in [0.1, 0.15) is 43.2 Å². The van der Waals surface area contributed by atoms with Gasteiger partial charge in [0, 0.05) is 17.6 Å². The quantitative estimate of drug-likeness (QED) is 0.621. The summed E-state index contributed by atoms with van der Waals surface area (Å²) in [6.45, 7) is 1.14. The molecule has 0 saturated carbocycles. The van der Waals surface area contributed by atoms with Crippen LogP contribution in [0.25, 0.3) is 6.08 Å². The molecule has 0 radical (unpaired) electrons. The van der Waals surface area contributed by atoms with E-state index in [0.29, 0.717) is 16.6 Å². The predicted molar refractivity (Wildman–Crippen MR) is 101 cm³/mol. The standard InChI is InChI=1S/C18H21F2N3O3S/c1-4-11(5-2)16-22-23-18(27-16)21-14(24)10-9-12-7-6-8-13(25-3)15(12)26-17(19)20/h6-11,17H,4-5H2,1-3H3,(H,21,23,24)/b10-9+. The van der Waals surface area contributed by atoms with Crippen molar-refractivity contribution in [3.8, 4) is 11.5 Å². The molecule has 1 aromatic heterocycles. The van der Waals surface area contributed by atoms with Gasteiger partial charge < -0.3 is 9.47 Å². The lowest BCUT2D eigenvalue weighted by Crippen LogP contribution is -2.08. The maximum absolute atomic E-state index is 12.6. The van der Waals surface area contributed by atoms with Crippen LogP contribution in [0.3, 0.4) is 0 Å². The Morgan fingerprint density at radius 1 is 1.30 bits per heavy atom. The number of benzene rings is 1. The molecule has 0 saturated heterocycles. The number of aromatic nitrogens is 2. The second-order valence-corrected chi connectivity index (χ2v) is 6.55. The lowest BCUT2D eigenvalue weighted by molar-refractivity contribution is -0.111. The summed E-state index contributed by atoms with van der Waals surface area (Å²) in [7, 11) is 1.35. The Balaban J connectivity index is 2.11. The van der Waals surface area contributed by atoms with Crippen LogP contribution in [0, 0.1) is 0 Å². The highest BCUT2D eigenvalue weighted by Gasteiger charge is 2.15. The second kappa shape index (κ2) is 9.96. The fourth-order valence-corrected chi connectivity index (χ4v) is 3.45. The van der Waals surface area contributed by atoms with E-state index in [2.05, 4.69) is 34.1 Å². The number of carbonyl (C=O) groups is 1. The first kappa shape index (κ1) is 20.8. The van der Waals surface area contributed by atoms with Gasteiger partial charge in [-0.05, 0) is 25.0 Å². The van der Waals surface area contributed by atoms with Crippen LogP contribution < -0.4 is 14.8 Å². The topological polar surface area (TPSA) is 73.3 Å². The Bertz CT molecular complexity index is 792. The third kappa shape index (κ3) is 5.72. The monoisotopic (exact) mass is 397 g/mol. The molecule has 1 amide bonds. The molecule has 27 heavy (non-hydrogen) atoms. The molecule has 1 N–H and O–H groups in total. The number of hydrogen-bond donors (Lipinski definition) is 1. The predicted octanol–water partition coefficient (Wildman–Crippen LogP) is 4.70. The molecule has 0 aliphatic rings. The molecule has 0 unspecified atom stereocenters. The number of amides is 1. The number of methoxy groups -OCH3 is 1. The molecule has 0 aliphatic heterocycles. The molecule has 2 aromatic rings. The molecule has 1 aromatic carbocycles. The number of rotatable bonds is 9. The van der Waals surface area contributed by atoms with E-state index < -0.39 is 12.5 Å². The van der Waals surface area contributed by atoms with E-state index in [0.717, 1.165) is 17.8 Å². The molecule has 0 aliphatic carbocycles. The van der Waals surface area contributed by atoms with Crippen LogP contribution in [0.2, 0.25) is 0 Å². The summed E-state index contributed by atoms with van der Waals surface area (Å²) in [6, 6.07) is 4.65. The first-order valence-corrected chi connectivity index (χ1v) is 9.24. The zero-order valence-electron chi connectivity index (χ0n) is 15.2. The van der Waals surface area contributed by atoms with E-state index >= 15 is 0 Å². The van der Waals surface area contributed by atoms with Gasteiger partial charge in [-0.25, -0.2) is 0 Å². The molecule has 9 heteroatoms. The van der Waals surface area contributed by atoms with Crippen molar-refractivity contribution in [2.24, 2.45) is 0 Å². The Morgan fingerprint density at radius 3 is 2.67 bits per heavy atom. The van der Waals surface area contributed by atoms with Gasteiger partial charge >= 0.3 is 6.61 Å². The van der Waals surface area contributed by atoms with Gasteiger partial charge in [-0.3, -0.25) is 10.1 Å². The molecule has 6 nitrogen and oxygen atoms in total. The van der Waals surface area contributed by atoms with Gasteiger partial charge in [0.1, 0.15) is 5.01 Å². The minimum atomic E-state index is -3.01. The lowest BCUT2D eigenvalue weighted by atomic mass is 10.1. The largest absolute Gasteiger partial charge is 0.493 e. The van der Waals surface area contributed by atoms with Gasteiger partial charge in [0.05, 0.1) is 7.11 Å². The number of halogens is 2.